The van der Waals surface area contributed by atoms with Crippen molar-refractivity contribution in [2.75, 3.05) is 12.4 Å². The average molecular weight is 264 g/mol. The maximum absolute atomic E-state index is 11.7. The number of carbonyl (C=O) groups is 1. The molecule has 0 bridgehead atoms. The van der Waals surface area contributed by atoms with Crippen LogP contribution in [-0.2, 0) is 4.74 Å². The highest BCUT2D eigenvalue weighted by atomic mass is 16.5. The molecule has 0 aliphatic heterocycles. The molecular weight excluding hydrogens is 240 g/mol. The fourth-order valence-electron chi connectivity index (χ4n) is 2.08. The van der Waals surface area contributed by atoms with Gasteiger partial charge in [-0.2, -0.15) is 0 Å². The number of ether oxygens (including phenoxy) is 1. The van der Waals surface area contributed by atoms with E-state index in [1.54, 1.807) is 18.3 Å². The third kappa shape index (κ3) is 4.89. The van der Waals surface area contributed by atoms with Gasteiger partial charge in [-0.05, 0) is 25.0 Å². The molecule has 0 aliphatic carbocycles. The van der Waals surface area contributed by atoms with Crippen LogP contribution >= 0.6 is 0 Å². The molecule has 0 amide bonds. The molecule has 1 aromatic heterocycles. The van der Waals surface area contributed by atoms with Crippen LogP contribution < -0.4 is 5.32 Å². The Morgan fingerprint density at radius 2 is 2.16 bits per heavy atom. The average Bonchev–Trinajstić information content (AvgIpc) is 2.44. The second kappa shape index (κ2) is 8.51. The number of unbranched alkanes of at least 4 members (excludes halogenated alkanes) is 1. The third-order valence-electron chi connectivity index (χ3n) is 3.10. The smallest absolute Gasteiger partial charge is 0.341 e. The minimum Gasteiger partial charge on any atom is -0.465 e. The van der Waals surface area contributed by atoms with E-state index < -0.39 is 0 Å². The van der Waals surface area contributed by atoms with Gasteiger partial charge in [0.1, 0.15) is 11.4 Å². The molecule has 1 unspecified atom stereocenters. The van der Waals surface area contributed by atoms with Crippen LogP contribution in [0.1, 0.15) is 56.3 Å². The van der Waals surface area contributed by atoms with Crippen LogP contribution in [-0.4, -0.2) is 24.1 Å². The van der Waals surface area contributed by atoms with E-state index in [1.807, 2.05) is 0 Å². The predicted octanol–water partition coefficient (Wildman–Crippen LogP) is 3.64. The van der Waals surface area contributed by atoms with Gasteiger partial charge >= 0.3 is 5.97 Å². The first-order valence-corrected chi connectivity index (χ1v) is 7.02. The molecule has 4 heteroatoms. The number of esters is 1. The predicted molar refractivity (Wildman–Crippen MR) is 77.4 cm³/mol. The number of methoxy groups -OCH3 is 1. The summed E-state index contributed by atoms with van der Waals surface area (Å²) in [6.07, 6.45) is 7.34. The van der Waals surface area contributed by atoms with E-state index in [1.165, 1.54) is 20.0 Å². The minimum atomic E-state index is -0.346. The van der Waals surface area contributed by atoms with Crippen molar-refractivity contribution < 1.29 is 9.53 Å². The molecule has 0 fully saturated rings. The summed E-state index contributed by atoms with van der Waals surface area (Å²) in [4.78, 5) is 16.0. The number of hydrogen-bond donors (Lipinski definition) is 1. The first-order chi connectivity index (χ1) is 9.22. The van der Waals surface area contributed by atoms with Gasteiger partial charge in [-0.15, -0.1) is 0 Å². The molecule has 1 atom stereocenters. The van der Waals surface area contributed by atoms with Crippen molar-refractivity contribution in [2.24, 2.45) is 0 Å². The highest BCUT2D eigenvalue weighted by Crippen LogP contribution is 2.17. The van der Waals surface area contributed by atoms with Crippen LogP contribution in [0, 0.1) is 0 Å². The van der Waals surface area contributed by atoms with E-state index >= 15 is 0 Å². The number of hydrogen-bond acceptors (Lipinski definition) is 4. The van der Waals surface area contributed by atoms with E-state index in [0.29, 0.717) is 17.4 Å². The van der Waals surface area contributed by atoms with Gasteiger partial charge in [-0.3, -0.25) is 0 Å². The number of carbonyl (C=O) groups excluding carboxylic acids is 1. The molecule has 0 saturated carbocycles. The summed E-state index contributed by atoms with van der Waals surface area (Å²) < 4.78 is 4.78. The molecule has 0 radical (unpaired) electrons. The molecule has 0 aliphatic rings. The molecule has 1 N–H and O–H groups in total. The highest BCUT2D eigenvalue weighted by Gasteiger charge is 2.15. The summed E-state index contributed by atoms with van der Waals surface area (Å²) in [6.45, 7) is 4.35. The van der Waals surface area contributed by atoms with Crippen molar-refractivity contribution in [1.29, 1.82) is 0 Å². The Hall–Kier alpha value is -1.58. The van der Waals surface area contributed by atoms with Crippen molar-refractivity contribution in [1.82, 2.24) is 4.98 Å². The van der Waals surface area contributed by atoms with Crippen molar-refractivity contribution in [2.45, 2.75) is 52.0 Å². The van der Waals surface area contributed by atoms with Crippen LogP contribution in [0.2, 0.25) is 0 Å². The number of nitrogens with zero attached hydrogens (tertiary/aromatic N) is 1. The number of aromatic nitrogens is 1. The maximum Gasteiger partial charge on any atom is 0.341 e. The zero-order chi connectivity index (χ0) is 14.1. The molecule has 19 heavy (non-hydrogen) atoms. The minimum absolute atomic E-state index is 0.346. The van der Waals surface area contributed by atoms with E-state index in [9.17, 15) is 4.79 Å². The number of anilines is 1. The summed E-state index contributed by atoms with van der Waals surface area (Å²) in [7, 11) is 1.39. The van der Waals surface area contributed by atoms with Crippen molar-refractivity contribution >= 4 is 11.8 Å². The Balaban J connectivity index is 2.80. The molecule has 0 saturated heterocycles. The monoisotopic (exact) mass is 264 g/mol. The molecule has 4 nitrogen and oxygen atoms in total. The summed E-state index contributed by atoms with van der Waals surface area (Å²) in [5.41, 5.74) is 0.502. The van der Waals surface area contributed by atoms with Gasteiger partial charge < -0.3 is 10.1 Å². The first kappa shape index (κ1) is 15.5. The normalized spacial score (nSPS) is 11.9. The summed E-state index contributed by atoms with van der Waals surface area (Å²) in [5.74, 6) is 0.283. The molecule has 1 aromatic rings. The number of pyridine rings is 1. The highest BCUT2D eigenvalue weighted by molar-refractivity contribution is 5.94. The lowest BCUT2D eigenvalue weighted by molar-refractivity contribution is 0.0601. The Morgan fingerprint density at radius 3 is 2.79 bits per heavy atom. The van der Waals surface area contributed by atoms with Gasteiger partial charge in [0.15, 0.2) is 0 Å². The van der Waals surface area contributed by atoms with Crippen molar-refractivity contribution in [3.05, 3.63) is 23.9 Å². The van der Waals surface area contributed by atoms with Crippen LogP contribution in [0.15, 0.2) is 18.3 Å². The summed E-state index contributed by atoms with van der Waals surface area (Å²) >= 11 is 0. The second-order valence-electron chi connectivity index (χ2n) is 4.66. The molecule has 0 spiro atoms. The van der Waals surface area contributed by atoms with Gasteiger partial charge in [0.2, 0.25) is 0 Å². The zero-order valence-corrected chi connectivity index (χ0v) is 12.1. The second-order valence-corrected chi connectivity index (χ2v) is 4.66. The fraction of sp³-hybridized carbons (Fsp3) is 0.600. The summed E-state index contributed by atoms with van der Waals surface area (Å²) in [6, 6.07) is 3.85. The standard InChI is InChI=1S/C15H24N2O2/c1-4-6-9-12(8-5-2)17-14-13(15(18)19-3)10-7-11-16-14/h7,10-12H,4-6,8-9H2,1-3H3,(H,16,17). The van der Waals surface area contributed by atoms with E-state index in [4.69, 9.17) is 4.74 Å². The Bertz CT molecular complexity index is 393. The van der Waals surface area contributed by atoms with Gasteiger partial charge in [0.25, 0.3) is 0 Å². The maximum atomic E-state index is 11.7. The molecule has 0 aromatic carbocycles. The third-order valence-corrected chi connectivity index (χ3v) is 3.10. The topological polar surface area (TPSA) is 51.2 Å². The fourth-order valence-corrected chi connectivity index (χ4v) is 2.08. The molecule has 1 rings (SSSR count). The lowest BCUT2D eigenvalue weighted by Crippen LogP contribution is -2.22. The van der Waals surface area contributed by atoms with Crippen LogP contribution in [0.25, 0.3) is 0 Å². The van der Waals surface area contributed by atoms with Crippen molar-refractivity contribution in [3.63, 3.8) is 0 Å². The zero-order valence-electron chi connectivity index (χ0n) is 12.1. The Morgan fingerprint density at radius 1 is 1.37 bits per heavy atom. The van der Waals surface area contributed by atoms with Crippen molar-refractivity contribution in [3.8, 4) is 0 Å². The molecular formula is C15H24N2O2. The van der Waals surface area contributed by atoms with Crippen LogP contribution in [0.3, 0.4) is 0 Å². The van der Waals surface area contributed by atoms with Gasteiger partial charge in [0, 0.05) is 12.2 Å². The largest absolute Gasteiger partial charge is 0.465 e. The number of nitrogens with one attached hydrogen (secondary N) is 1. The van der Waals surface area contributed by atoms with E-state index in [2.05, 4.69) is 24.1 Å². The first-order valence-electron chi connectivity index (χ1n) is 7.02. The van der Waals surface area contributed by atoms with Gasteiger partial charge in [-0.1, -0.05) is 33.1 Å². The molecule has 106 valence electrons. The number of rotatable bonds is 8. The lowest BCUT2D eigenvalue weighted by Gasteiger charge is -2.19. The Kier molecular flexibility index (Phi) is 6.93. The van der Waals surface area contributed by atoms with Crippen LogP contribution in [0.4, 0.5) is 5.82 Å². The van der Waals surface area contributed by atoms with Crippen LogP contribution in [0.5, 0.6) is 0 Å². The van der Waals surface area contributed by atoms with Gasteiger partial charge in [0.05, 0.1) is 7.11 Å². The SMILES string of the molecule is CCCCC(CCC)Nc1ncccc1C(=O)OC. The summed E-state index contributed by atoms with van der Waals surface area (Å²) in [5, 5.41) is 3.39. The van der Waals surface area contributed by atoms with Gasteiger partial charge in [-0.25, -0.2) is 9.78 Å². The van der Waals surface area contributed by atoms with E-state index in [0.717, 1.165) is 19.3 Å². The lowest BCUT2D eigenvalue weighted by atomic mass is 10.0. The molecule has 1 heterocycles. The van der Waals surface area contributed by atoms with E-state index in [-0.39, 0.29) is 5.97 Å². The quantitative estimate of drug-likeness (QED) is 0.728. The Labute approximate surface area is 115 Å².